The summed E-state index contributed by atoms with van der Waals surface area (Å²) in [4.78, 5) is 21.6. The Bertz CT molecular complexity index is 631. The lowest BCUT2D eigenvalue weighted by Crippen LogP contribution is -2.50. The van der Waals surface area contributed by atoms with Crippen LogP contribution >= 0.6 is 11.3 Å². The van der Waals surface area contributed by atoms with Crippen molar-refractivity contribution in [2.75, 3.05) is 26.2 Å². The molecule has 0 saturated carbocycles. The summed E-state index contributed by atoms with van der Waals surface area (Å²) in [5.74, 6) is 0.181. The van der Waals surface area contributed by atoms with Gasteiger partial charge in [-0.05, 0) is 19.4 Å². The predicted octanol–water partition coefficient (Wildman–Crippen LogP) is 1.94. The van der Waals surface area contributed by atoms with E-state index in [1.54, 1.807) is 22.2 Å². The molecule has 6 nitrogen and oxygen atoms in total. The van der Waals surface area contributed by atoms with Gasteiger partial charge in [0.1, 0.15) is 6.04 Å². The molecule has 2 aromatic rings. The third kappa shape index (κ3) is 3.79. The SMILES string of the molecule is CC[C@@H](C(=O)N1CCN(Cc2csc(C)n2)CC1)n1cccn1. The van der Waals surface area contributed by atoms with E-state index in [-0.39, 0.29) is 11.9 Å². The summed E-state index contributed by atoms with van der Waals surface area (Å²) >= 11 is 1.69. The maximum absolute atomic E-state index is 12.7. The highest BCUT2D eigenvalue weighted by Crippen LogP contribution is 2.17. The van der Waals surface area contributed by atoms with Crippen LogP contribution in [0, 0.1) is 6.92 Å². The van der Waals surface area contributed by atoms with Crippen LogP contribution in [0.3, 0.4) is 0 Å². The van der Waals surface area contributed by atoms with Crippen molar-refractivity contribution in [3.63, 3.8) is 0 Å². The summed E-state index contributed by atoms with van der Waals surface area (Å²) < 4.78 is 1.77. The lowest BCUT2D eigenvalue weighted by molar-refractivity contribution is -0.137. The number of carbonyl (C=O) groups is 1. The van der Waals surface area contributed by atoms with Gasteiger partial charge >= 0.3 is 0 Å². The normalized spacial score (nSPS) is 17.4. The van der Waals surface area contributed by atoms with E-state index in [2.05, 4.69) is 20.4 Å². The van der Waals surface area contributed by atoms with Gasteiger partial charge in [-0.1, -0.05) is 6.92 Å². The Morgan fingerprint density at radius 3 is 2.70 bits per heavy atom. The molecule has 2 aromatic heterocycles. The van der Waals surface area contributed by atoms with E-state index in [1.807, 2.05) is 31.0 Å². The molecular weight excluding hydrogens is 310 g/mol. The van der Waals surface area contributed by atoms with E-state index in [9.17, 15) is 4.79 Å². The first-order valence-electron chi connectivity index (χ1n) is 8.08. The molecule has 0 aromatic carbocycles. The van der Waals surface area contributed by atoms with Crippen LogP contribution in [-0.2, 0) is 11.3 Å². The van der Waals surface area contributed by atoms with Crippen molar-refractivity contribution in [1.29, 1.82) is 0 Å². The Morgan fingerprint density at radius 1 is 1.35 bits per heavy atom. The smallest absolute Gasteiger partial charge is 0.247 e. The molecule has 1 aliphatic heterocycles. The fourth-order valence-electron chi connectivity index (χ4n) is 2.99. The van der Waals surface area contributed by atoms with Crippen molar-refractivity contribution in [1.82, 2.24) is 24.6 Å². The minimum absolute atomic E-state index is 0.181. The van der Waals surface area contributed by atoms with Crippen LogP contribution in [0.2, 0.25) is 0 Å². The average Bonchev–Trinajstić information content (AvgIpc) is 3.21. The minimum atomic E-state index is -0.183. The molecule has 1 atom stereocenters. The van der Waals surface area contributed by atoms with Gasteiger partial charge in [0, 0.05) is 50.5 Å². The highest BCUT2D eigenvalue weighted by atomic mass is 32.1. The van der Waals surface area contributed by atoms with Gasteiger partial charge in [-0.3, -0.25) is 14.4 Å². The number of hydrogen-bond acceptors (Lipinski definition) is 5. The quantitative estimate of drug-likeness (QED) is 0.839. The maximum Gasteiger partial charge on any atom is 0.247 e. The number of hydrogen-bond donors (Lipinski definition) is 0. The van der Waals surface area contributed by atoms with Gasteiger partial charge in [0.2, 0.25) is 5.91 Å². The van der Waals surface area contributed by atoms with Gasteiger partial charge in [0.15, 0.2) is 0 Å². The van der Waals surface area contributed by atoms with Gasteiger partial charge in [-0.25, -0.2) is 4.98 Å². The molecule has 1 fully saturated rings. The number of nitrogens with zero attached hydrogens (tertiary/aromatic N) is 5. The van der Waals surface area contributed by atoms with Crippen LogP contribution in [0.5, 0.6) is 0 Å². The topological polar surface area (TPSA) is 54.3 Å². The molecule has 1 amide bonds. The molecule has 1 saturated heterocycles. The first-order valence-corrected chi connectivity index (χ1v) is 8.96. The second-order valence-electron chi connectivity index (χ2n) is 5.87. The molecule has 0 bridgehead atoms. The van der Waals surface area contributed by atoms with E-state index in [0.29, 0.717) is 0 Å². The maximum atomic E-state index is 12.7. The molecule has 1 aliphatic rings. The zero-order valence-electron chi connectivity index (χ0n) is 13.7. The van der Waals surface area contributed by atoms with Gasteiger partial charge in [-0.2, -0.15) is 5.10 Å². The Balaban J connectivity index is 1.54. The Labute approximate surface area is 140 Å². The van der Waals surface area contributed by atoms with Crippen LogP contribution in [-0.4, -0.2) is 56.7 Å². The Kier molecular flexibility index (Phi) is 5.07. The predicted molar refractivity (Wildman–Crippen MR) is 90.3 cm³/mol. The number of aromatic nitrogens is 3. The molecule has 3 heterocycles. The van der Waals surface area contributed by atoms with Crippen LogP contribution < -0.4 is 0 Å². The summed E-state index contributed by atoms with van der Waals surface area (Å²) in [6.45, 7) is 8.30. The van der Waals surface area contributed by atoms with Crippen molar-refractivity contribution >= 4 is 17.2 Å². The van der Waals surface area contributed by atoms with E-state index < -0.39 is 0 Å². The number of piperazine rings is 1. The molecular formula is C16H23N5OS. The summed E-state index contributed by atoms with van der Waals surface area (Å²) in [5, 5.41) is 7.46. The number of rotatable bonds is 5. The third-order valence-corrected chi connectivity index (χ3v) is 5.07. The van der Waals surface area contributed by atoms with Crippen molar-refractivity contribution in [3.8, 4) is 0 Å². The van der Waals surface area contributed by atoms with Gasteiger partial charge < -0.3 is 4.90 Å². The number of aryl methyl sites for hydroxylation is 1. The Hall–Kier alpha value is -1.73. The lowest BCUT2D eigenvalue weighted by atomic mass is 10.1. The molecule has 0 N–H and O–H groups in total. The highest BCUT2D eigenvalue weighted by Gasteiger charge is 2.27. The van der Waals surface area contributed by atoms with Crippen molar-refractivity contribution < 1.29 is 4.79 Å². The zero-order chi connectivity index (χ0) is 16.2. The molecule has 124 valence electrons. The van der Waals surface area contributed by atoms with Crippen LogP contribution in [0.1, 0.15) is 30.1 Å². The molecule has 0 unspecified atom stereocenters. The first-order chi connectivity index (χ1) is 11.2. The number of carbonyl (C=O) groups excluding carboxylic acids is 1. The monoisotopic (exact) mass is 333 g/mol. The summed E-state index contributed by atoms with van der Waals surface area (Å²) in [6.07, 6.45) is 4.36. The van der Waals surface area contributed by atoms with E-state index >= 15 is 0 Å². The average molecular weight is 333 g/mol. The zero-order valence-corrected chi connectivity index (χ0v) is 14.5. The standard InChI is InChI=1S/C16H23N5OS/c1-3-15(21-6-4-5-17-21)16(22)20-9-7-19(8-10-20)11-14-12-23-13(2)18-14/h4-6,12,15H,3,7-11H2,1-2H3/t15-/m0/s1. The second kappa shape index (κ2) is 7.23. The summed E-state index contributed by atoms with van der Waals surface area (Å²) in [6, 6.07) is 1.68. The molecule has 0 aliphatic carbocycles. The highest BCUT2D eigenvalue weighted by molar-refractivity contribution is 7.09. The van der Waals surface area contributed by atoms with Crippen LogP contribution in [0.25, 0.3) is 0 Å². The van der Waals surface area contributed by atoms with Crippen molar-refractivity contribution in [3.05, 3.63) is 34.5 Å². The minimum Gasteiger partial charge on any atom is -0.338 e. The first kappa shape index (κ1) is 16.1. The van der Waals surface area contributed by atoms with E-state index in [4.69, 9.17) is 0 Å². The number of amides is 1. The molecule has 23 heavy (non-hydrogen) atoms. The van der Waals surface area contributed by atoms with Crippen molar-refractivity contribution in [2.24, 2.45) is 0 Å². The molecule has 0 spiro atoms. The van der Waals surface area contributed by atoms with Gasteiger partial charge in [0.25, 0.3) is 0 Å². The van der Waals surface area contributed by atoms with Crippen LogP contribution in [0.4, 0.5) is 0 Å². The summed E-state index contributed by atoms with van der Waals surface area (Å²) in [5.41, 5.74) is 1.13. The summed E-state index contributed by atoms with van der Waals surface area (Å²) in [7, 11) is 0. The fourth-order valence-corrected chi connectivity index (χ4v) is 3.59. The van der Waals surface area contributed by atoms with Crippen molar-refractivity contribution in [2.45, 2.75) is 32.9 Å². The Morgan fingerprint density at radius 2 is 2.13 bits per heavy atom. The molecule has 7 heteroatoms. The lowest BCUT2D eigenvalue weighted by Gasteiger charge is -2.36. The third-order valence-electron chi connectivity index (χ3n) is 4.25. The van der Waals surface area contributed by atoms with Gasteiger partial charge in [-0.15, -0.1) is 11.3 Å². The van der Waals surface area contributed by atoms with Crippen LogP contribution in [0.15, 0.2) is 23.8 Å². The molecule has 3 rings (SSSR count). The molecule has 0 radical (unpaired) electrons. The largest absolute Gasteiger partial charge is 0.338 e. The van der Waals surface area contributed by atoms with Gasteiger partial charge in [0.05, 0.1) is 10.7 Å². The number of thiazole rings is 1. The van der Waals surface area contributed by atoms with E-state index in [0.717, 1.165) is 49.8 Å². The van der Waals surface area contributed by atoms with E-state index in [1.165, 1.54) is 0 Å². The fraction of sp³-hybridized carbons (Fsp3) is 0.562. The second-order valence-corrected chi connectivity index (χ2v) is 6.93.